The van der Waals surface area contributed by atoms with Gasteiger partial charge in [0.2, 0.25) is 0 Å². The minimum atomic E-state index is -0.175. The van der Waals surface area contributed by atoms with Crippen LogP contribution in [-0.4, -0.2) is 11.2 Å². The highest BCUT2D eigenvalue weighted by atomic mass is 16.3. The lowest BCUT2D eigenvalue weighted by atomic mass is 9.71. The van der Waals surface area contributed by atoms with Gasteiger partial charge in [0.15, 0.2) is 0 Å². The van der Waals surface area contributed by atoms with Crippen LogP contribution < -0.4 is 0 Å². The van der Waals surface area contributed by atoms with E-state index in [-0.39, 0.29) is 6.10 Å². The molecule has 6 unspecified atom stereocenters. The van der Waals surface area contributed by atoms with Crippen molar-refractivity contribution in [2.75, 3.05) is 0 Å². The van der Waals surface area contributed by atoms with Crippen molar-refractivity contribution in [3.05, 3.63) is 24.8 Å². The molecule has 2 rings (SSSR count). The molecule has 0 saturated heterocycles. The Morgan fingerprint density at radius 3 is 2.48 bits per heavy atom. The Labute approximate surface area is 144 Å². The van der Waals surface area contributed by atoms with Crippen molar-refractivity contribution < 1.29 is 5.11 Å². The summed E-state index contributed by atoms with van der Waals surface area (Å²) in [6.07, 6.45) is 11.9. The molecule has 0 heterocycles. The van der Waals surface area contributed by atoms with E-state index in [0.29, 0.717) is 23.7 Å². The van der Waals surface area contributed by atoms with E-state index in [1.807, 2.05) is 0 Å². The number of aliphatic hydroxyl groups excluding tert-OH is 1. The fourth-order valence-electron chi connectivity index (χ4n) is 5.15. The fraction of sp³-hybridized carbons (Fsp3) is 0.818. The zero-order chi connectivity index (χ0) is 17.0. The second-order valence-corrected chi connectivity index (χ2v) is 8.60. The zero-order valence-electron chi connectivity index (χ0n) is 15.6. The minimum Gasteiger partial charge on any atom is -0.393 e. The minimum absolute atomic E-state index is 0.175. The average molecular weight is 319 g/mol. The van der Waals surface area contributed by atoms with Gasteiger partial charge in [-0.15, -0.1) is 6.58 Å². The van der Waals surface area contributed by atoms with E-state index >= 15 is 0 Å². The van der Waals surface area contributed by atoms with E-state index in [4.69, 9.17) is 0 Å². The molecule has 0 spiro atoms. The maximum atomic E-state index is 10.5. The monoisotopic (exact) mass is 318 g/mol. The van der Waals surface area contributed by atoms with Crippen LogP contribution in [0.25, 0.3) is 0 Å². The molecule has 1 nitrogen and oxygen atoms in total. The summed E-state index contributed by atoms with van der Waals surface area (Å²) in [7, 11) is 0. The van der Waals surface area contributed by atoms with E-state index in [1.54, 1.807) is 0 Å². The first-order valence-electron chi connectivity index (χ1n) is 9.92. The highest BCUT2D eigenvalue weighted by Crippen LogP contribution is 2.42. The van der Waals surface area contributed by atoms with Crippen LogP contribution in [0.1, 0.15) is 72.1 Å². The van der Waals surface area contributed by atoms with Crippen molar-refractivity contribution in [3.8, 4) is 0 Å². The van der Waals surface area contributed by atoms with E-state index in [0.717, 1.165) is 24.7 Å². The Kier molecular flexibility index (Phi) is 6.95. The largest absolute Gasteiger partial charge is 0.393 e. The molecular formula is C22H38O. The summed E-state index contributed by atoms with van der Waals surface area (Å²) in [5, 5.41) is 10.5. The topological polar surface area (TPSA) is 20.2 Å². The van der Waals surface area contributed by atoms with Crippen molar-refractivity contribution in [1.29, 1.82) is 0 Å². The highest BCUT2D eigenvalue weighted by Gasteiger charge is 2.33. The molecule has 1 heteroatoms. The Morgan fingerprint density at radius 2 is 1.83 bits per heavy atom. The summed E-state index contributed by atoms with van der Waals surface area (Å²) in [5.74, 6) is 3.60. The third-order valence-corrected chi connectivity index (χ3v) is 7.01. The quantitative estimate of drug-likeness (QED) is 0.633. The number of allylic oxidation sites excluding steroid dienone is 2. The van der Waals surface area contributed by atoms with Gasteiger partial charge in [-0.1, -0.05) is 45.4 Å². The fourth-order valence-corrected chi connectivity index (χ4v) is 5.15. The molecule has 2 aliphatic rings. The van der Waals surface area contributed by atoms with Crippen LogP contribution in [0, 0.1) is 35.5 Å². The number of aliphatic hydroxyl groups is 1. The molecule has 2 fully saturated rings. The summed E-state index contributed by atoms with van der Waals surface area (Å²) in [4.78, 5) is 0. The van der Waals surface area contributed by atoms with E-state index < -0.39 is 0 Å². The summed E-state index contributed by atoms with van der Waals surface area (Å²) in [6, 6.07) is 0. The summed E-state index contributed by atoms with van der Waals surface area (Å²) in [6.45, 7) is 15.4. The molecule has 0 radical (unpaired) electrons. The molecule has 0 aromatic carbocycles. The Hall–Kier alpha value is -0.560. The normalized spacial score (nSPS) is 43.3. The highest BCUT2D eigenvalue weighted by molar-refractivity contribution is 5.04. The van der Waals surface area contributed by atoms with Gasteiger partial charge in [-0.3, -0.25) is 0 Å². The van der Waals surface area contributed by atoms with E-state index in [2.05, 4.69) is 40.0 Å². The smallest absolute Gasteiger partial charge is 0.0571 e. The Balaban J connectivity index is 2.10. The first-order chi connectivity index (χ1) is 10.9. The van der Waals surface area contributed by atoms with E-state index in [1.165, 1.54) is 44.1 Å². The van der Waals surface area contributed by atoms with Gasteiger partial charge in [0.25, 0.3) is 0 Å². The van der Waals surface area contributed by atoms with Gasteiger partial charge in [0.1, 0.15) is 0 Å². The molecular weight excluding hydrogens is 280 g/mol. The molecule has 2 saturated carbocycles. The second-order valence-electron chi connectivity index (χ2n) is 8.60. The predicted molar refractivity (Wildman–Crippen MR) is 100 cm³/mol. The molecule has 23 heavy (non-hydrogen) atoms. The van der Waals surface area contributed by atoms with Gasteiger partial charge in [-0.05, 0) is 80.5 Å². The molecule has 0 aliphatic heterocycles. The van der Waals surface area contributed by atoms with Gasteiger partial charge in [0.05, 0.1) is 6.10 Å². The van der Waals surface area contributed by atoms with Gasteiger partial charge >= 0.3 is 0 Å². The van der Waals surface area contributed by atoms with Crippen molar-refractivity contribution in [2.24, 2.45) is 35.5 Å². The van der Waals surface area contributed by atoms with Gasteiger partial charge in [-0.25, -0.2) is 0 Å². The van der Waals surface area contributed by atoms with Crippen LogP contribution in [0.4, 0.5) is 0 Å². The number of hydrogen-bond acceptors (Lipinski definition) is 1. The lowest BCUT2D eigenvalue weighted by Crippen LogP contribution is -2.28. The molecule has 0 bridgehead atoms. The summed E-state index contributed by atoms with van der Waals surface area (Å²) >= 11 is 0. The van der Waals surface area contributed by atoms with E-state index in [9.17, 15) is 5.11 Å². The third-order valence-electron chi connectivity index (χ3n) is 7.01. The molecule has 2 aliphatic carbocycles. The standard InChI is InChI=1S/C22H38O/c1-6-21-17(4)13-20(14-19-10-8-7-9-15(19)2)16(3)11-12-22(23)18(21)5/h6,16-23H,1-2,7-14H2,3-5H3/t16?,17?,18?,19?,20?,21?,22-/m1/s1. The van der Waals surface area contributed by atoms with Crippen LogP contribution >= 0.6 is 0 Å². The zero-order valence-corrected chi connectivity index (χ0v) is 15.6. The first kappa shape index (κ1) is 18.8. The van der Waals surface area contributed by atoms with Crippen molar-refractivity contribution >= 4 is 0 Å². The SMILES string of the molecule is C=CC1C(C)CC(CC2CCCCC2=C)C(C)CC[C@@H](O)C1C. The lowest BCUT2D eigenvalue weighted by molar-refractivity contribution is 0.0725. The summed E-state index contributed by atoms with van der Waals surface area (Å²) in [5.41, 5.74) is 1.50. The van der Waals surface area contributed by atoms with Crippen LogP contribution in [0.2, 0.25) is 0 Å². The van der Waals surface area contributed by atoms with Crippen molar-refractivity contribution in [1.82, 2.24) is 0 Å². The van der Waals surface area contributed by atoms with Crippen LogP contribution in [-0.2, 0) is 0 Å². The number of rotatable bonds is 3. The Bertz CT molecular complexity index is 399. The molecule has 132 valence electrons. The maximum Gasteiger partial charge on any atom is 0.0571 e. The third kappa shape index (κ3) is 4.72. The molecule has 0 amide bonds. The van der Waals surface area contributed by atoms with Crippen molar-refractivity contribution in [3.63, 3.8) is 0 Å². The Morgan fingerprint density at radius 1 is 1.09 bits per heavy atom. The van der Waals surface area contributed by atoms with Gasteiger partial charge in [0, 0.05) is 0 Å². The molecule has 7 atom stereocenters. The second kappa shape index (κ2) is 8.51. The maximum absolute atomic E-state index is 10.5. The predicted octanol–water partition coefficient (Wildman–Crippen LogP) is 5.99. The van der Waals surface area contributed by atoms with Gasteiger partial charge < -0.3 is 5.11 Å². The molecule has 0 aromatic heterocycles. The van der Waals surface area contributed by atoms with Crippen molar-refractivity contribution in [2.45, 2.75) is 78.2 Å². The average Bonchev–Trinajstić information content (AvgIpc) is 2.56. The van der Waals surface area contributed by atoms with Crippen LogP contribution in [0.15, 0.2) is 24.8 Å². The first-order valence-corrected chi connectivity index (χ1v) is 9.92. The van der Waals surface area contributed by atoms with Crippen LogP contribution in [0.5, 0.6) is 0 Å². The molecule has 1 N–H and O–H groups in total. The summed E-state index contributed by atoms with van der Waals surface area (Å²) < 4.78 is 0. The van der Waals surface area contributed by atoms with Gasteiger partial charge in [-0.2, -0.15) is 0 Å². The molecule has 0 aromatic rings. The lowest BCUT2D eigenvalue weighted by Gasteiger charge is -2.34. The number of hydrogen-bond donors (Lipinski definition) is 1. The van der Waals surface area contributed by atoms with Crippen LogP contribution in [0.3, 0.4) is 0 Å².